The van der Waals surface area contributed by atoms with E-state index < -0.39 is 6.61 Å². The molecule has 2 saturated carbocycles. The first kappa shape index (κ1) is 26.6. The lowest BCUT2D eigenvalue weighted by atomic mass is 9.90. The van der Waals surface area contributed by atoms with Gasteiger partial charge >= 0.3 is 0 Å². The molecular formula is C29H41FO5. The molecule has 0 radical (unpaired) electrons. The number of allylic oxidation sites excluding steroid dienone is 1. The lowest BCUT2D eigenvalue weighted by Gasteiger charge is -2.29. The van der Waals surface area contributed by atoms with Gasteiger partial charge in [0.15, 0.2) is 12.6 Å². The van der Waals surface area contributed by atoms with Gasteiger partial charge in [0.1, 0.15) is 11.9 Å². The third kappa shape index (κ3) is 7.09. The second-order valence-electron chi connectivity index (χ2n) is 10.5. The minimum absolute atomic E-state index is 0.0163. The van der Waals surface area contributed by atoms with Gasteiger partial charge in [-0.25, -0.2) is 4.39 Å². The van der Waals surface area contributed by atoms with Crippen LogP contribution in [0.15, 0.2) is 11.4 Å². The Morgan fingerprint density at radius 3 is 2.51 bits per heavy atom. The zero-order valence-corrected chi connectivity index (χ0v) is 21.3. The van der Waals surface area contributed by atoms with E-state index >= 15 is 0 Å². The van der Waals surface area contributed by atoms with Gasteiger partial charge in [-0.15, -0.1) is 11.8 Å². The summed E-state index contributed by atoms with van der Waals surface area (Å²) in [5.41, 5.74) is 0.747. The average Bonchev–Trinajstić information content (AvgIpc) is 3.44. The van der Waals surface area contributed by atoms with Crippen molar-refractivity contribution in [2.24, 2.45) is 23.7 Å². The molecule has 6 heteroatoms. The first-order valence-electron chi connectivity index (χ1n) is 13.5. The second kappa shape index (κ2) is 13.2. The number of ether oxygens (including phenoxy) is 4. The van der Waals surface area contributed by atoms with Crippen LogP contribution in [0.2, 0.25) is 0 Å². The quantitative estimate of drug-likeness (QED) is 0.504. The minimum Gasteiger partial charge on any atom is -0.389 e. The molecule has 0 aromatic rings. The molecule has 2 aliphatic carbocycles. The molecule has 4 aliphatic rings. The van der Waals surface area contributed by atoms with Crippen molar-refractivity contribution in [3.63, 3.8) is 0 Å². The molecular weight excluding hydrogens is 447 g/mol. The van der Waals surface area contributed by atoms with Crippen LogP contribution in [0.4, 0.5) is 4.39 Å². The standard InChI is InChI=1S/C29H41FO5/c1-3-4-9-20(2)26(34-28-10-5-7-14-32-28)13-12-23-24-17-22(25(30)19-31)16-21(24)18-27(23)35-29-11-6-8-15-33-29/h20-21,23-24,26-29,31H,5-11,14-19H2,1-2H3/t20-,21-,23-,24-,26+,27+,28?,29?/m0/s1. The Labute approximate surface area is 210 Å². The van der Waals surface area contributed by atoms with E-state index in [1.54, 1.807) is 0 Å². The smallest absolute Gasteiger partial charge is 0.159 e. The Balaban J connectivity index is 1.53. The molecule has 35 heavy (non-hydrogen) atoms. The molecule has 0 aromatic heterocycles. The highest BCUT2D eigenvalue weighted by Gasteiger charge is 2.48. The van der Waals surface area contributed by atoms with Crippen LogP contribution in [-0.2, 0) is 18.9 Å². The van der Waals surface area contributed by atoms with Crippen LogP contribution in [-0.4, -0.2) is 49.7 Å². The number of fused-ring (bicyclic) bond motifs is 1. The molecule has 5 nitrogen and oxygen atoms in total. The van der Waals surface area contributed by atoms with E-state index in [9.17, 15) is 9.50 Å². The Morgan fingerprint density at radius 1 is 1.11 bits per heavy atom. The van der Waals surface area contributed by atoms with Gasteiger partial charge in [-0.2, -0.15) is 0 Å². The number of hydrogen-bond donors (Lipinski definition) is 1. The molecule has 2 heterocycles. The fourth-order valence-electron chi connectivity index (χ4n) is 5.93. The molecule has 0 bridgehead atoms. The van der Waals surface area contributed by atoms with Gasteiger partial charge in [0.2, 0.25) is 0 Å². The van der Waals surface area contributed by atoms with Crippen molar-refractivity contribution in [3.05, 3.63) is 11.4 Å². The van der Waals surface area contributed by atoms with E-state index in [2.05, 4.69) is 30.6 Å². The van der Waals surface area contributed by atoms with E-state index in [1.165, 1.54) is 0 Å². The third-order valence-electron chi connectivity index (χ3n) is 7.93. The lowest BCUT2D eigenvalue weighted by Crippen LogP contribution is -2.32. The summed E-state index contributed by atoms with van der Waals surface area (Å²) < 4.78 is 38.8. The first-order chi connectivity index (χ1) is 17.1. The van der Waals surface area contributed by atoms with Gasteiger partial charge in [0.05, 0.1) is 18.6 Å². The summed E-state index contributed by atoms with van der Waals surface area (Å²) in [6.45, 7) is 4.92. The highest BCUT2D eigenvalue weighted by atomic mass is 19.1. The van der Waals surface area contributed by atoms with Crippen LogP contribution in [0.5, 0.6) is 0 Å². The van der Waals surface area contributed by atoms with Crippen LogP contribution < -0.4 is 0 Å². The molecule has 2 saturated heterocycles. The molecule has 8 atom stereocenters. The zero-order valence-electron chi connectivity index (χ0n) is 21.3. The highest BCUT2D eigenvalue weighted by molar-refractivity contribution is 5.24. The van der Waals surface area contributed by atoms with Crippen molar-refractivity contribution >= 4 is 0 Å². The van der Waals surface area contributed by atoms with Crippen molar-refractivity contribution in [2.75, 3.05) is 19.8 Å². The fourth-order valence-corrected chi connectivity index (χ4v) is 5.93. The monoisotopic (exact) mass is 488 g/mol. The van der Waals surface area contributed by atoms with Crippen molar-refractivity contribution in [1.82, 2.24) is 0 Å². The maximum atomic E-state index is 14.2. The van der Waals surface area contributed by atoms with Gasteiger partial charge < -0.3 is 24.1 Å². The predicted octanol–water partition coefficient (Wildman–Crippen LogP) is 5.12. The molecule has 4 fully saturated rings. The van der Waals surface area contributed by atoms with E-state index in [0.29, 0.717) is 25.2 Å². The molecule has 194 valence electrons. The molecule has 2 aliphatic heterocycles. The van der Waals surface area contributed by atoms with Gasteiger partial charge in [0, 0.05) is 25.6 Å². The number of aliphatic hydroxyl groups excluding tert-OH is 1. The number of rotatable bonds is 7. The number of hydrogen-bond acceptors (Lipinski definition) is 5. The Hall–Kier alpha value is -1.41. The van der Waals surface area contributed by atoms with E-state index in [4.69, 9.17) is 18.9 Å². The summed E-state index contributed by atoms with van der Waals surface area (Å²) in [6, 6.07) is 0. The summed E-state index contributed by atoms with van der Waals surface area (Å²) in [4.78, 5) is 0. The maximum absolute atomic E-state index is 14.2. The SMILES string of the molecule is CC#CC[C@H](C)[C@@H](C#C[C@H]1[C@H]2CC(=C(F)CO)C[C@H]2C[C@H]1OC1CCCCO1)OC1CCCCO1. The van der Waals surface area contributed by atoms with Crippen LogP contribution >= 0.6 is 0 Å². The molecule has 0 amide bonds. The second-order valence-corrected chi connectivity index (χ2v) is 10.5. The Kier molecular flexibility index (Phi) is 10.1. The van der Waals surface area contributed by atoms with Crippen LogP contribution in [0.1, 0.15) is 78.1 Å². The first-order valence-corrected chi connectivity index (χ1v) is 13.5. The minimum atomic E-state index is -0.520. The summed E-state index contributed by atoms with van der Waals surface area (Å²) in [6.07, 6.45) is 8.32. The lowest BCUT2D eigenvalue weighted by molar-refractivity contribution is -0.192. The molecule has 4 rings (SSSR count). The number of aliphatic hydroxyl groups is 1. The van der Waals surface area contributed by atoms with E-state index in [0.717, 1.165) is 63.7 Å². The molecule has 0 spiro atoms. The van der Waals surface area contributed by atoms with Gasteiger partial charge in [-0.05, 0) is 82.1 Å². The average molecular weight is 489 g/mol. The predicted molar refractivity (Wildman–Crippen MR) is 131 cm³/mol. The van der Waals surface area contributed by atoms with Crippen LogP contribution in [0.25, 0.3) is 0 Å². The van der Waals surface area contributed by atoms with Gasteiger partial charge in [-0.3, -0.25) is 0 Å². The van der Waals surface area contributed by atoms with Crippen molar-refractivity contribution < 1.29 is 28.4 Å². The zero-order chi connectivity index (χ0) is 24.6. The largest absolute Gasteiger partial charge is 0.389 e. The molecule has 1 N–H and O–H groups in total. The van der Waals surface area contributed by atoms with E-state index in [1.807, 2.05) is 6.92 Å². The normalized spacial score (nSPS) is 35.8. The Morgan fingerprint density at radius 2 is 1.86 bits per heavy atom. The maximum Gasteiger partial charge on any atom is 0.159 e. The van der Waals surface area contributed by atoms with Crippen LogP contribution in [0, 0.1) is 47.4 Å². The highest BCUT2D eigenvalue weighted by Crippen LogP contribution is 2.52. The van der Waals surface area contributed by atoms with Crippen molar-refractivity contribution in [1.29, 1.82) is 0 Å². The molecule has 2 unspecified atom stereocenters. The molecule has 0 aromatic carbocycles. The van der Waals surface area contributed by atoms with Gasteiger partial charge in [0.25, 0.3) is 0 Å². The number of halogens is 1. The summed E-state index contributed by atoms with van der Waals surface area (Å²) in [5.74, 6) is 13.4. The Bertz CT molecular complexity index is 837. The summed E-state index contributed by atoms with van der Waals surface area (Å²) in [5, 5.41) is 9.31. The fraction of sp³-hybridized carbons (Fsp3) is 0.793. The van der Waals surface area contributed by atoms with Gasteiger partial charge in [-0.1, -0.05) is 18.8 Å². The van der Waals surface area contributed by atoms with Crippen molar-refractivity contribution in [2.45, 2.75) is 103 Å². The van der Waals surface area contributed by atoms with Crippen molar-refractivity contribution in [3.8, 4) is 23.7 Å². The van der Waals surface area contributed by atoms with Crippen LogP contribution in [0.3, 0.4) is 0 Å². The summed E-state index contributed by atoms with van der Waals surface area (Å²) in [7, 11) is 0. The van der Waals surface area contributed by atoms with E-state index in [-0.39, 0.29) is 48.4 Å². The summed E-state index contributed by atoms with van der Waals surface area (Å²) >= 11 is 0. The topological polar surface area (TPSA) is 57.2 Å². The third-order valence-corrected chi connectivity index (χ3v) is 7.93.